The van der Waals surface area contributed by atoms with Gasteiger partial charge in [-0.2, -0.15) is 0 Å². The van der Waals surface area contributed by atoms with Crippen molar-refractivity contribution in [3.05, 3.63) is 50.9 Å². The van der Waals surface area contributed by atoms with E-state index in [0.717, 1.165) is 0 Å². The molecule has 0 fully saturated rings. The van der Waals surface area contributed by atoms with Gasteiger partial charge in [0, 0.05) is 3.58 Å². The molecule has 0 amide bonds. The van der Waals surface area contributed by atoms with Crippen LogP contribution in [0, 0.1) is 11.2 Å². The van der Waals surface area contributed by atoms with E-state index in [4.69, 9.17) is 0 Å². The molecule has 6 heteroatoms. The fraction of sp³-hybridized carbons (Fsp3) is 0.200. The number of carbonyl (C=O) groups is 2. The minimum atomic E-state index is -1.30. The van der Waals surface area contributed by atoms with Gasteiger partial charge in [0.05, 0.1) is 11.0 Å². The summed E-state index contributed by atoms with van der Waals surface area (Å²) in [6.07, 6.45) is 1.46. The van der Waals surface area contributed by atoms with Crippen molar-refractivity contribution in [1.82, 2.24) is 0 Å². The smallest absolute Gasteiger partial charge is 0.332 e. The molecule has 1 aromatic carbocycles. The summed E-state index contributed by atoms with van der Waals surface area (Å²) in [7, 11) is 0. The second-order valence-corrected chi connectivity index (χ2v) is 6.14. The number of hydrogen-bond acceptors (Lipinski definition) is 2. The maximum absolute atomic E-state index is 13.0. The second kappa shape index (κ2) is 5.59. The Morgan fingerprint density at radius 1 is 1.24 bits per heavy atom. The van der Waals surface area contributed by atoms with Gasteiger partial charge in [-0.15, -0.1) is 0 Å². The number of benzene rings is 1. The minimum Gasteiger partial charge on any atom is -0.481 e. The molecule has 110 valence electrons. The zero-order valence-corrected chi connectivity index (χ0v) is 13.2. The lowest BCUT2D eigenvalue weighted by Gasteiger charge is -2.28. The molecule has 0 saturated carbocycles. The molecule has 0 radical (unpaired) electrons. The average molecular weight is 402 g/mol. The Morgan fingerprint density at radius 3 is 2.29 bits per heavy atom. The van der Waals surface area contributed by atoms with E-state index in [0.29, 0.717) is 14.7 Å². The Balaban J connectivity index is 2.63. The molecule has 1 unspecified atom stereocenters. The molecule has 4 nitrogen and oxygen atoms in total. The maximum Gasteiger partial charge on any atom is 0.332 e. The van der Waals surface area contributed by atoms with Crippen molar-refractivity contribution in [2.45, 2.75) is 13.3 Å². The van der Waals surface area contributed by atoms with Gasteiger partial charge in [-0.05, 0) is 59.2 Å². The molecular formula is C15H12FIO4. The summed E-state index contributed by atoms with van der Waals surface area (Å²) in [5.74, 6) is -2.64. The summed E-state index contributed by atoms with van der Waals surface area (Å²) in [6.45, 7) is 1.48. The third-order valence-corrected chi connectivity index (χ3v) is 4.64. The molecule has 0 bridgehead atoms. The summed E-state index contributed by atoms with van der Waals surface area (Å²) in [5.41, 5.74) is -0.148. The topological polar surface area (TPSA) is 74.6 Å². The summed E-state index contributed by atoms with van der Waals surface area (Å²) in [5, 5.41) is 18.7. The van der Waals surface area contributed by atoms with E-state index in [1.54, 1.807) is 0 Å². The van der Waals surface area contributed by atoms with Gasteiger partial charge < -0.3 is 10.2 Å². The number of halogens is 2. The van der Waals surface area contributed by atoms with Gasteiger partial charge in [-0.3, -0.25) is 4.79 Å². The van der Waals surface area contributed by atoms with Crippen molar-refractivity contribution in [3.8, 4) is 0 Å². The standard InChI is InChI=1S/C15H12FIO4/c1-15(14(20)21)6-10(8-2-4-9(16)5-3-8)12(17)11(7-15)13(18)19/h2-6H,7H2,1H3,(H,18,19)(H,20,21). The van der Waals surface area contributed by atoms with E-state index >= 15 is 0 Å². The van der Waals surface area contributed by atoms with E-state index in [9.17, 15) is 24.2 Å². The Labute approximate surface area is 134 Å². The molecule has 0 spiro atoms. The van der Waals surface area contributed by atoms with Crippen LogP contribution < -0.4 is 0 Å². The number of carboxylic acids is 2. The zero-order chi connectivity index (χ0) is 15.8. The van der Waals surface area contributed by atoms with Crippen LogP contribution in [0.3, 0.4) is 0 Å². The number of hydrogen-bond donors (Lipinski definition) is 2. The molecule has 0 heterocycles. The highest BCUT2D eigenvalue weighted by Gasteiger charge is 2.39. The lowest BCUT2D eigenvalue weighted by Crippen LogP contribution is -2.30. The first-order valence-corrected chi connectivity index (χ1v) is 7.17. The molecule has 1 atom stereocenters. The first-order chi connectivity index (χ1) is 9.74. The van der Waals surface area contributed by atoms with E-state index in [2.05, 4.69) is 0 Å². The normalized spacial score (nSPS) is 22.0. The highest BCUT2D eigenvalue weighted by atomic mass is 127. The highest BCUT2D eigenvalue weighted by Crippen LogP contribution is 2.44. The largest absolute Gasteiger partial charge is 0.481 e. The van der Waals surface area contributed by atoms with Gasteiger partial charge in [-0.1, -0.05) is 18.2 Å². The highest BCUT2D eigenvalue weighted by molar-refractivity contribution is 14.1. The van der Waals surface area contributed by atoms with Gasteiger partial charge >= 0.3 is 11.9 Å². The van der Waals surface area contributed by atoms with Crippen molar-refractivity contribution in [2.24, 2.45) is 5.41 Å². The lowest BCUT2D eigenvalue weighted by molar-refractivity contribution is -0.145. The number of rotatable bonds is 3. The quantitative estimate of drug-likeness (QED) is 0.760. The minimum absolute atomic E-state index is 0.0577. The van der Waals surface area contributed by atoms with Crippen LogP contribution in [0.1, 0.15) is 18.9 Å². The summed E-state index contributed by atoms with van der Waals surface area (Å²) < 4.78 is 13.5. The molecule has 21 heavy (non-hydrogen) atoms. The Kier molecular flexibility index (Phi) is 4.18. The molecule has 2 rings (SSSR count). The van der Waals surface area contributed by atoms with Crippen LogP contribution in [-0.2, 0) is 9.59 Å². The van der Waals surface area contributed by atoms with E-state index < -0.39 is 23.2 Å². The molecule has 0 saturated heterocycles. The predicted octanol–water partition coefficient (Wildman–Crippen LogP) is 3.48. The van der Waals surface area contributed by atoms with E-state index in [1.165, 1.54) is 37.3 Å². The van der Waals surface area contributed by atoms with Crippen LogP contribution in [-0.4, -0.2) is 22.2 Å². The van der Waals surface area contributed by atoms with Crippen LogP contribution in [0.4, 0.5) is 4.39 Å². The van der Waals surface area contributed by atoms with Gasteiger partial charge in [0.25, 0.3) is 0 Å². The number of aliphatic carboxylic acids is 2. The predicted molar refractivity (Wildman–Crippen MR) is 83.4 cm³/mol. The monoisotopic (exact) mass is 402 g/mol. The van der Waals surface area contributed by atoms with E-state index in [1.807, 2.05) is 22.6 Å². The van der Waals surface area contributed by atoms with Gasteiger partial charge in [0.15, 0.2) is 0 Å². The first kappa shape index (κ1) is 15.7. The third-order valence-electron chi connectivity index (χ3n) is 3.41. The lowest BCUT2D eigenvalue weighted by atomic mass is 9.76. The Bertz CT molecular complexity index is 675. The molecule has 1 aromatic rings. The molecule has 2 N–H and O–H groups in total. The van der Waals surface area contributed by atoms with Crippen molar-refractivity contribution >= 4 is 40.1 Å². The molecule has 1 aliphatic rings. The van der Waals surface area contributed by atoms with Crippen molar-refractivity contribution in [2.75, 3.05) is 0 Å². The molecule has 1 aliphatic carbocycles. The van der Waals surface area contributed by atoms with Crippen molar-refractivity contribution in [3.63, 3.8) is 0 Å². The summed E-state index contributed by atoms with van der Waals surface area (Å²) in [4.78, 5) is 22.8. The average Bonchev–Trinajstić information content (AvgIpc) is 2.42. The number of carboxylic acid groups (broad SMARTS) is 2. The molecular weight excluding hydrogens is 390 g/mol. The van der Waals surface area contributed by atoms with E-state index in [-0.39, 0.29) is 12.0 Å². The van der Waals surface area contributed by atoms with Gasteiger partial charge in [0.2, 0.25) is 0 Å². The second-order valence-electron chi connectivity index (χ2n) is 5.06. The van der Waals surface area contributed by atoms with Crippen molar-refractivity contribution in [1.29, 1.82) is 0 Å². The Hall–Kier alpha value is -1.70. The summed E-state index contributed by atoms with van der Waals surface area (Å²) >= 11 is 1.89. The number of allylic oxidation sites excluding steroid dienone is 2. The van der Waals surface area contributed by atoms with Gasteiger partial charge in [-0.25, -0.2) is 9.18 Å². The maximum atomic E-state index is 13.0. The van der Waals surface area contributed by atoms with Crippen molar-refractivity contribution < 1.29 is 24.2 Å². The fourth-order valence-corrected chi connectivity index (χ4v) is 3.08. The molecule has 0 aromatic heterocycles. The summed E-state index contributed by atoms with van der Waals surface area (Å²) in [6, 6.07) is 5.53. The Morgan fingerprint density at radius 2 is 1.81 bits per heavy atom. The zero-order valence-electron chi connectivity index (χ0n) is 11.1. The fourth-order valence-electron chi connectivity index (χ4n) is 2.19. The van der Waals surface area contributed by atoms with Crippen LogP contribution in [0.5, 0.6) is 0 Å². The third kappa shape index (κ3) is 2.99. The SMILES string of the molecule is CC1(C(=O)O)C=C(c2ccc(F)cc2)C(I)=C(C(=O)O)C1. The van der Waals surface area contributed by atoms with Crippen LogP contribution in [0.2, 0.25) is 0 Å². The first-order valence-electron chi connectivity index (χ1n) is 6.09. The van der Waals surface area contributed by atoms with Crippen LogP contribution in [0.25, 0.3) is 5.57 Å². The van der Waals surface area contributed by atoms with Crippen LogP contribution in [0.15, 0.2) is 39.5 Å². The van der Waals surface area contributed by atoms with Crippen LogP contribution >= 0.6 is 22.6 Å². The van der Waals surface area contributed by atoms with Gasteiger partial charge in [0.1, 0.15) is 5.82 Å². The molecule has 0 aliphatic heterocycles.